The number of hydrogen-bond acceptors (Lipinski definition) is 3. The Morgan fingerprint density at radius 1 is 1.00 bits per heavy atom. The predicted octanol–water partition coefficient (Wildman–Crippen LogP) is 2.90. The highest BCUT2D eigenvalue weighted by Crippen LogP contribution is 2.48. The summed E-state index contributed by atoms with van der Waals surface area (Å²) in [4.78, 5) is 14.2. The van der Waals surface area contributed by atoms with Crippen molar-refractivity contribution in [2.75, 3.05) is 6.54 Å². The van der Waals surface area contributed by atoms with Crippen molar-refractivity contribution in [3.63, 3.8) is 0 Å². The first kappa shape index (κ1) is 15.8. The van der Waals surface area contributed by atoms with Crippen molar-refractivity contribution in [3.05, 3.63) is 71.8 Å². The molecule has 2 N–H and O–H groups in total. The number of cyclic esters (lactones) is 1. The molecule has 2 aromatic rings. The predicted molar refractivity (Wildman–Crippen MR) is 90.5 cm³/mol. The first-order chi connectivity index (χ1) is 10.7. The highest BCUT2D eigenvalue weighted by molar-refractivity contribution is 5.85. The molecule has 2 atom stereocenters. The van der Waals surface area contributed by atoms with Crippen LogP contribution >= 0.6 is 12.4 Å². The Morgan fingerprint density at radius 2 is 1.52 bits per heavy atom. The van der Waals surface area contributed by atoms with Gasteiger partial charge in [-0.1, -0.05) is 60.7 Å². The molecular formula is C18H19ClN2O2. The maximum Gasteiger partial charge on any atom is 0.411 e. The monoisotopic (exact) mass is 330 g/mol. The molecule has 23 heavy (non-hydrogen) atoms. The average Bonchev–Trinajstić information content (AvgIpc) is 3.07. The van der Waals surface area contributed by atoms with Crippen molar-refractivity contribution in [1.29, 1.82) is 0 Å². The van der Waals surface area contributed by atoms with Crippen LogP contribution in [0.2, 0.25) is 0 Å². The largest absolute Gasteiger partial charge is 0.431 e. The zero-order chi connectivity index (χ0) is 15.2. The second-order valence-corrected chi connectivity index (χ2v) is 6.00. The minimum Gasteiger partial charge on any atom is -0.431 e. The van der Waals surface area contributed by atoms with Gasteiger partial charge in [-0.15, -0.1) is 12.4 Å². The van der Waals surface area contributed by atoms with Crippen molar-refractivity contribution in [2.45, 2.75) is 24.1 Å². The van der Waals surface area contributed by atoms with Gasteiger partial charge >= 0.3 is 6.09 Å². The van der Waals surface area contributed by atoms with Crippen molar-refractivity contribution in [2.24, 2.45) is 5.73 Å². The van der Waals surface area contributed by atoms with Crippen LogP contribution < -0.4 is 5.73 Å². The van der Waals surface area contributed by atoms with Crippen molar-refractivity contribution < 1.29 is 9.53 Å². The van der Waals surface area contributed by atoms with Crippen LogP contribution in [0.25, 0.3) is 0 Å². The van der Waals surface area contributed by atoms with Crippen LogP contribution in [0.1, 0.15) is 17.5 Å². The molecule has 0 radical (unpaired) electrons. The number of benzene rings is 2. The molecular weight excluding hydrogens is 312 g/mol. The minimum absolute atomic E-state index is 0. The molecule has 2 aromatic carbocycles. The summed E-state index contributed by atoms with van der Waals surface area (Å²) in [6.07, 6.45) is 0.473. The van der Waals surface area contributed by atoms with Crippen molar-refractivity contribution >= 4 is 18.5 Å². The van der Waals surface area contributed by atoms with E-state index in [2.05, 4.69) is 0 Å². The van der Waals surface area contributed by atoms with Gasteiger partial charge in [0.15, 0.2) is 5.60 Å². The number of nitrogens with zero attached hydrogens (tertiary/aromatic N) is 1. The van der Waals surface area contributed by atoms with Crippen LogP contribution in [0.5, 0.6) is 0 Å². The Bertz CT molecular complexity index is 653. The van der Waals surface area contributed by atoms with E-state index < -0.39 is 5.60 Å². The van der Waals surface area contributed by atoms with Crippen LogP contribution in [0, 0.1) is 0 Å². The summed E-state index contributed by atoms with van der Waals surface area (Å²) in [6, 6.07) is 19.9. The molecule has 1 amide bonds. The van der Waals surface area contributed by atoms with Crippen LogP contribution in [0.3, 0.4) is 0 Å². The number of hydrogen-bond donors (Lipinski definition) is 1. The van der Waals surface area contributed by atoms with E-state index in [0.29, 0.717) is 6.54 Å². The van der Waals surface area contributed by atoms with E-state index in [1.54, 1.807) is 4.90 Å². The summed E-state index contributed by atoms with van der Waals surface area (Å²) in [5, 5.41) is 0. The molecule has 2 aliphatic rings. The lowest BCUT2D eigenvalue weighted by Crippen LogP contribution is -2.41. The molecule has 2 fully saturated rings. The average molecular weight is 331 g/mol. The number of nitrogens with two attached hydrogens (primary N) is 1. The molecule has 4 rings (SSSR count). The van der Waals surface area contributed by atoms with Crippen LogP contribution in [0.4, 0.5) is 4.79 Å². The van der Waals surface area contributed by atoms with E-state index in [-0.39, 0.29) is 30.6 Å². The third kappa shape index (κ3) is 2.30. The molecule has 0 bridgehead atoms. The number of carbonyl (C=O) groups is 1. The summed E-state index contributed by atoms with van der Waals surface area (Å²) in [6.45, 7) is 0.560. The Balaban J connectivity index is 0.00000156. The molecule has 0 spiro atoms. The molecule has 0 aromatic heterocycles. The van der Waals surface area contributed by atoms with Gasteiger partial charge in [-0.05, 0) is 6.42 Å². The number of halogens is 1. The zero-order valence-electron chi connectivity index (χ0n) is 12.6. The molecule has 5 heteroatoms. The highest BCUT2D eigenvalue weighted by Gasteiger charge is 2.59. The molecule has 2 aliphatic heterocycles. The SMILES string of the molecule is Cl.N[C@@H]1C[C@@H]2N(C1)C(=O)OC2(c1ccccc1)c1ccccc1. The maximum absolute atomic E-state index is 12.4. The van der Waals surface area contributed by atoms with Gasteiger partial charge < -0.3 is 10.5 Å². The summed E-state index contributed by atoms with van der Waals surface area (Å²) in [5.41, 5.74) is 7.34. The van der Waals surface area contributed by atoms with Gasteiger partial charge in [-0.25, -0.2) is 4.79 Å². The smallest absolute Gasteiger partial charge is 0.411 e. The highest BCUT2D eigenvalue weighted by atomic mass is 35.5. The topological polar surface area (TPSA) is 55.6 Å². The van der Waals surface area contributed by atoms with Crippen molar-refractivity contribution in [3.8, 4) is 0 Å². The Hall–Kier alpha value is -2.04. The summed E-state index contributed by atoms with van der Waals surface area (Å²) < 4.78 is 5.97. The Kier molecular flexibility index (Phi) is 4.04. The van der Waals surface area contributed by atoms with Crippen molar-refractivity contribution in [1.82, 2.24) is 4.90 Å². The number of rotatable bonds is 2. The minimum atomic E-state index is -0.770. The lowest BCUT2D eigenvalue weighted by molar-refractivity contribution is 0.0662. The van der Waals surface area contributed by atoms with E-state index >= 15 is 0 Å². The van der Waals surface area contributed by atoms with Gasteiger partial charge in [0.05, 0.1) is 6.04 Å². The van der Waals surface area contributed by atoms with Gasteiger partial charge in [0.1, 0.15) is 0 Å². The third-order valence-corrected chi connectivity index (χ3v) is 4.69. The third-order valence-electron chi connectivity index (χ3n) is 4.69. The quantitative estimate of drug-likeness (QED) is 0.921. The first-order valence-electron chi connectivity index (χ1n) is 7.58. The molecule has 0 saturated carbocycles. The van der Waals surface area contributed by atoms with E-state index in [4.69, 9.17) is 10.5 Å². The number of amides is 1. The van der Waals surface area contributed by atoms with Gasteiger partial charge in [0.25, 0.3) is 0 Å². The lowest BCUT2D eigenvalue weighted by Gasteiger charge is -2.33. The molecule has 4 nitrogen and oxygen atoms in total. The van der Waals surface area contributed by atoms with E-state index in [1.807, 2.05) is 60.7 Å². The van der Waals surface area contributed by atoms with Gasteiger partial charge in [-0.3, -0.25) is 4.90 Å². The Labute approximate surface area is 141 Å². The number of carbonyl (C=O) groups excluding carboxylic acids is 1. The fourth-order valence-corrected chi connectivity index (χ4v) is 3.76. The van der Waals surface area contributed by atoms with Crippen LogP contribution in [-0.2, 0) is 10.3 Å². The molecule has 2 saturated heterocycles. The fourth-order valence-electron chi connectivity index (χ4n) is 3.76. The molecule has 0 aliphatic carbocycles. The number of fused-ring (bicyclic) bond motifs is 1. The van der Waals surface area contributed by atoms with E-state index in [0.717, 1.165) is 17.5 Å². The Morgan fingerprint density at radius 3 is 2.04 bits per heavy atom. The van der Waals surface area contributed by atoms with E-state index in [9.17, 15) is 4.79 Å². The fraction of sp³-hybridized carbons (Fsp3) is 0.278. The second-order valence-electron chi connectivity index (χ2n) is 6.00. The van der Waals surface area contributed by atoms with Gasteiger partial charge in [-0.2, -0.15) is 0 Å². The molecule has 120 valence electrons. The summed E-state index contributed by atoms with van der Waals surface area (Å²) >= 11 is 0. The second kappa shape index (κ2) is 5.87. The van der Waals surface area contributed by atoms with Gasteiger partial charge in [0.2, 0.25) is 0 Å². The van der Waals surface area contributed by atoms with Crippen LogP contribution in [-0.4, -0.2) is 29.6 Å². The normalized spacial score (nSPS) is 24.7. The van der Waals surface area contributed by atoms with E-state index in [1.165, 1.54) is 0 Å². The number of ether oxygens (including phenoxy) is 1. The van der Waals surface area contributed by atoms with Gasteiger partial charge in [0, 0.05) is 23.7 Å². The summed E-state index contributed by atoms with van der Waals surface area (Å²) in [5.74, 6) is 0. The maximum atomic E-state index is 12.4. The molecule has 2 heterocycles. The zero-order valence-corrected chi connectivity index (χ0v) is 13.4. The standard InChI is InChI=1S/C18H18N2O2.ClH/c19-15-11-16-18(13-7-3-1-4-8-13,14-9-5-2-6-10-14)22-17(21)20(16)12-15;/h1-10,15-16H,11-12,19H2;1H/t15-,16+;/m1./s1. The summed E-state index contributed by atoms with van der Waals surface area (Å²) in [7, 11) is 0. The lowest BCUT2D eigenvalue weighted by atomic mass is 9.79. The molecule has 0 unspecified atom stereocenters. The first-order valence-corrected chi connectivity index (χ1v) is 7.58. The van der Waals surface area contributed by atoms with Crippen LogP contribution in [0.15, 0.2) is 60.7 Å².